The van der Waals surface area contributed by atoms with E-state index in [4.69, 9.17) is 10.5 Å². The second kappa shape index (κ2) is 6.15. The highest BCUT2D eigenvalue weighted by Crippen LogP contribution is 2.26. The van der Waals surface area contributed by atoms with Crippen molar-refractivity contribution in [3.63, 3.8) is 0 Å². The first-order chi connectivity index (χ1) is 10.2. The summed E-state index contributed by atoms with van der Waals surface area (Å²) in [6.45, 7) is 3.12. The van der Waals surface area contributed by atoms with Gasteiger partial charge in [-0.2, -0.15) is 0 Å². The summed E-state index contributed by atoms with van der Waals surface area (Å²) in [5.41, 5.74) is 5.83. The molecule has 116 valence electrons. The minimum absolute atomic E-state index is 0.0325. The van der Waals surface area contributed by atoms with Crippen molar-refractivity contribution in [2.24, 2.45) is 11.7 Å². The average Bonchev–Trinajstić information content (AvgIpc) is 3.15. The third-order valence-electron chi connectivity index (χ3n) is 4.58. The maximum Gasteiger partial charge on any atom is 0.245 e. The Kier molecular flexibility index (Phi) is 4.26. The number of nitrogens with two attached hydrogens (primary N) is 1. The number of carbonyl (C=O) groups excluding carboxylic acids is 2. The molecule has 21 heavy (non-hydrogen) atoms. The van der Waals surface area contributed by atoms with E-state index >= 15 is 0 Å². The fourth-order valence-corrected chi connectivity index (χ4v) is 3.41. The van der Waals surface area contributed by atoms with E-state index in [1.54, 1.807) is 4.90 Å². The number of rotatable bonds is 2. The molecule has 0 aromatic rings. The smallest absolute Gasteiger partial charge is 0.245 e. The van der Waals surface area contributed by atoms with Crippen molar-refractivity contribution in [3.05, 3.63) is 12.2 Å². The minimum Gasteiger partial charge on any atom is -0.378 e. The van der Waals surface area contributed by atoms with Gasteiger partial charge in [-0.25, -0.2) is 0 Å². The number of nitrogens with zero attached hydrogens (tertiary/aromatic N) is 2. The number of carbonyl (C=O) groups is 2. The van der Waals surface area contributed by atoms with Crippen molar-refractivity contribution >= 4 is 11.8 Å². The Morgan fingerprint density at radius 1 is 1.10 bits per heavy atom. The Balaban J connectivity index is 1.65. The van der Waals surface area contributed by atoms with E-state index in [0.29, 0.717) is 39.3 Å². The fourth-order valence-electron chi connectivity index (χ4n) is 3.41. The molecule has 3 rings (SSSR count). The van der Waals surface area contributed by atoms with Crippen LogP contribution in [0.15, 0.2) is 12.2 Å². The second-order valence-electron chi connectivity index (χ2n) is 6.02. The zero-order valence-corrected chi connectivity index (χ0v) is 12.2. The Morgan fingerprint density at radius 3 is 2.52 bits per heavy atom. The van der Waals surface area contributed by atoms with Crippen molar-refractivity contribution < 1.29 is 14.3 Å². The standard InChI is InChI=1S/C15H23N3O3/c16-12-4-3-11(10-12)14(19)18-5-1-2-13(18)15(20)17-6-8-21-9-7-17/h3-4,11-13H,1-2,5-10,16H2. The predicted octanol–water partition coefficient (Wildman–Crippen LogP) is -0.260. The van der Waals surface area contributed by atoms with Gasteiger partial charge in [-0.15, -0.1) is 0 Å². The van der Waals surface area contributed by atoms with Gasteiger partial charge in [0.05, 0.1) is 19.1 Å². The zero-order chi connectivity index (χ0) is 14.8. The van der Waals surface area contributed by atoms with Gasteiger partial charge in [0.2, 0.25) is 11.8 Å². The Morgan fingerprint density at radius 2 is 1.86 bits per heavy atom. The normalized spacial score (nSPS) is 32.7. The monoisotopic (exact) mass is 293 g/mol. The molecule has 6 heteroatoms. The molecule has 2 heterocycles. The molecule has 0 radical (unpaired) electrons. The van der Waals surface area contributed by atoms with Crippen molar-refractivity contribution in [1.29, 1.82) is 0 Å². The number of hydrogen-bond acceptors (Lipinski definition) is 4. The summed E-state index contributed by atoms with van der Waals surface area (Å²) in [5.74, 6) is -0.0168. The summed E-state index contributed by atoms with van der Waals surface area (Å²) in [4.78, 5) is 28.8. The lowest BCUT2D eigenvalue weighted by Crippen LogP contribution is -2.51. The van der Waals surface area contributed by atoms with Gasteiger partial charge in [0.1, 0.15) is 6.04 Å². The van der Waals surface area contributed by atoms with Crippen LogP contribution in [0.3, 0.4) is 0 Å². The Bertz CT molecular complexity index is 445. The third kappa shape index (κ3) is 2.96. The minimum atomic E-state index is -0.291. The number of ether oxygens (including phenoxy) is 1. The molecule has 2 N–H and O–H groups in total. The Hall–Kier alpha value is -1.40. The molecule has 0 aromatic heterocycles. The molecule has 6 nitrogen and oxygen atoms in total. The van der Waals surface area contributed by atoms with E-state index in [1.165, 1.54) is 0 Å². The van der Waals surface area contributed by atoms with E-state index in [2.05, 4.69) is 0 Å². The lowest BCUT2D eigenvalue weighted by Gasteiger charge is -2.33. The molecule has 0 bridgehead atoms. The number of hydrogen-bond donors (Lipinski definition) is 1. The van der Waals surface area contributed by atoms with Crippen LogP contribution >= 0.6 is 0 Å². The van der Waals surface area contributed by atoms with Crippen LogP contribution in [-0.2, 0) is 14.3 Å². The van der Waals surface area contributed by atoms with Crippen LogP contribution in [-0.4, -0.2) is 66.5 Å². The van der Waals surface area contributed by atoms with Crippen LogP contribution in [0.5, 0.6) is 0 Å². The first-order valence-corrected chi connectivity index (χ1v) is 7.78. The average molecular weight is 293 g/mol. The van der Waals surface area contributed by atoms with Crippen molar-refractivity contribution in [3.8, 4) is 0 Å². The van der Waals surface area contributed by atoms with Gasteiger partial charge in [-0.3, -0.25) is 9.59 Å². The summed E-state index contributed by atoms with van der Waals surface area (Å²) in [6, 6.07) is -0.323. The molecule has 3 aliphatic rings. The number of amides is 2. The first-order valence-electron chi connectivity index (χ1n) is 7.78. The van der Waals surface area contributed by atoms with Gasteiger partial charge in [0.15, 0.2) is 0 Å². The predicted molar refractivity (Wildman–Crippen MR) is 77.4 cm³/mol. The SMILES string of the molecule is NC1C=CC(C(=O)N2CCCC2C(=O)N2CCOCC2)C1. The maximum absolute atomic E-state index is 12.6. The summed E-state index contributed by atoms with van der Waals surface area (Å²) >= 11 is 0. The van der Waals surface area contributed by atoms with Crippen LogP contribution in [0.25, 0.3) is 0 Å². The summed E-state index contributed by atoms with van der Waals surface area (Å²) in [6.07, 6.45) is 6.10. The molecule has 2 fully saturated rings. The van der Waals surface area contributed by atoms with Gasteiger partial charge < -0.3 is 20.3 Å². The van der Waals surface area contributed by atoms with E-state index in [-0.39, 0.29) is 29.8 Å². The van der Waals surface area contributed by atoms with Crippen molar-refractivity contribution in [1.82, 2.24) is 9.80 Å². The first kappa shape index (κ1) is 14.5. The van der Waals surface area contributed by atoms with E-state index in [9.17, 15) is 9.59 Å². The van der Waals surface area contributed by atoms with Gasteiger partial charge >= 0.3 is 0 Å². The molecule has 0 spiro atoms. The van der Waals surface area contributed by atoms with E-state index < -0.39 is 0 Å². The second-order valence-corrected chi connectivity index (χ2v) is 6.02. The lowest BCUT2D eigenvalue weighted by atomic mass is 10.1. The van der Waals surface area contributed by atoms with Crippen LogP contribution in [0, 0.1) is 5.92 Å². The molecular formula is C15H23N3O3. The summed E-state index contributed by atoms with van der Waals surface area (Å²) in [7, 11) is 0. The van der Waals surface area contributed by atoms with Gasteiger partial charge in [-0.05, 0) is 19.3 Å². The zero-order valence-electron chi connectivity index (χ0n) is 12.2. The highest BCUT2D eigenvalue weighted by molar-refractivity contribution is 5.90. The van der Waals surface area contributed by atoms with Crippen LogP contribution in [0.4, 0.5) is 0 Å². The quantitative estimate of drug-likeness (QED) is 0.712. The van der Waals surface area contributed by atoms with E-state index in [1.807, 2.05) is 17.1 Å². The van der Waals surface area contributed by atoms with Crippen molar-refractivity contribution in [2.75, 3.05) is 32.8 Å². The molecule has 2 aliphatic heterocycles. The van der Waals surface area contributed by atoms with Crippen LogP contribution in [0.2, 0.25) is 0 Å². The molecular weight excluding hydrogens is 270 g/mol. The molecule has 2 saturated heterocycles. The van der Waals surface area contributed by atoms with E-state index in [0.717, 1.165) is 12.8 Å². The van der Waals surface area contributed by atoms with Crippen LogP contribution in [0.1, 0.15) is 19.3 Å². The lowest BCUT2D eigenvalue weighted by molar-refractivity contribution is -0.147. The molecule has 0 saturated carbocycles. The molecule has 1 aliphatic carbocycles. The van der Waals surface area contributed by atoms with Crippen LogP contribution < -0.4 is 5.73 Å². The molecule has 3 unspecified atom stereocenters. The third-order valence-corrected chi connectivity index (χ3v) is 4.58. The van der Waals surface area contributed by atoms with Crippen molar-refractivity contribution in [2.45, 2.75) is 31.3 Å². The van der Waals surface area contributed by atoms with Gasteiger partial charge in [0, 0.05) is 25.7 Å². The highest BCUT2D eigenvalue weighted by Gasteiger charge is 2.39. The number of morpholine rings is 1. The molecule has 2 amide bonds. The Labute approximate surface area is 124 Å². The van der Waals surface area contributed by atoms with Gasteiger partial charge in [-0.1, -0.05) is 12.2 Å². The summed E-state index contributed by atoms with van der Waals surface area (Å²) in [5, 5.41) is 0. The topological polar surface area (TPSA) is 75.9 Å². The fraction of sp³-hybridized carbons (Fsp3) is 0.733. The van der Waals surface area contributed by atoms with Gasteiger partial charge in [0.25, 0.3) is 0 Å². The maximum atomic E-state index is 12.6. The molecule has 3 atom stereocenters. The number of likely N-dealkylation sites (tertiary alicyclic amines) is 1. The highest BCUT2D eigenvalue weighted by atomic mass is 16.5. The molecule has 0 aromatic carbocycles. The largest absolute Gasteiger partial charge is 0.378 e. The summed E-state index contributed by atoms with van der Waals surface area (Å²) < 4.78 is 5.28.